The van der Waals surface area contributed by atoms with Gasteiger partial charge in [-0.05, 0) is 42.6 Å². The Morgan fingerprint density at radius 3 is 2.71 bits per heavy atom. The molecule has 1 fully saturated rings. The number of fused-ring (bicyclic) bond motifs is 1. The molecule has 0 amide bonds. The first-order valence-corrected chi connectivity index (χ1v) is 6.79. The Kier molecular flexibility index (Phi) is 2.92. The van der Waals surface area contributed by atoms with Gasteiger partial charge in [-0.15, -0.1) is 0 Å². The summed E-state index contributed by atoms with van der Waals surface area (Å²) in [6.07, 6.45) is 2.44. The van der Waals surface area contributed by atoms with Gasteiger partial charge >= 0.3 is 0 Å². The van der Waals surface area contributed by atoms with Gasteiger partial charge in [-0.25, -0.2) is 4.98 Å². The van der Waals surface area contributed by atoms with Crippen molar-refractivity contribution in [2.24, 2.45) is 0 Å². The van der Waals surface area contributed by atoms with Crippen molar-refractivity contribution < 1.29 is 0 Å². The molecule has 1 aliphatic heterocycles. The number of aromatic nitrogens is 2. The fourth-order valence-electron chi connectivity index (χ4n) is 2.23. The van der Waals surface area contributed by atoms with E-state index in [0.717, 1.165) is 34.3 Å². The molecule has 1 saturated heterocycles. The maximum Gasteiger partial charge on any atom is 0.224 e. The standard InChI is InChI=1S/C12H11BrClN3/c13-8-3-4-10-9(7-8)11(16-12(14)15-10)17-5-1-2-6-17/h3-4,7H,1-2,5-6H2. The van der Waals surface area contributed by atoms with E-state index in [4.69, 9.17) is 11.6 Å². The Balaban J connectivity index is 2.23. The molecule has 0 aliphatic carbocycles. The van der Waals surface area contributed by atoms with E-state index in [2.05, 4.69) is 36.9 Å². The van der Waals surface area contributed by atoms with Crippen LogP contribution in [0.4, 0.5) is 5.82 Å². The van der Waals surface area contributed by atoms with Gasteiger partial charge in [-0.2, -0.15) is 4.98 Å². The summed E-state index contributed by atoms with van der Waals surface area (Å²) in [5, 5.41) is 1.38. The molecule has 0 saturated carbocycles. The number of rotatable bonds is 1. The van der Waals surface area contributed by atoms with Crippen molar-refractivity contribution in [3.8, 4) is 0 Å². The van der Waals surface area contributed by atoms with Crippen LogP contribution in [0.2, 0.25) is 5.28 Å². The van der Waals surface area contributed by atoms with Crippen molar-refractivity contribution in [3.63, 3.8) is 0 Å². The summed E-state index contributed by atoms with van der Waals surface area (Å²) in [6.45, 7) is 2.10. The zero-order chi connectivity index (χ0) is 11.8. The minimum absolute atomic E-state index is 0.321. The number of halogens is 2. The van der Waals surface area contributed by atoms with Crippen LogP contribution < -0.4 is 4.90 Å². The van der Waals surface area contributed by atoms with Gasteiger partial charge in [0.15, 0.2) is 0 Å². The lowest BCUT2D eigenvalue weighted by Gasteiger charge is -2.18. The molecule has 3 rings (SSSR count). The quantitative estimate of drug-likeness (QED) is 0.753. The second kappa shape index (κ2) is 4.42. The van der Waals surface area contributed by atoms with Crippen molar-refractivity contribution in [1.29, 1.82) is 0 Å². The van der Waals surface area contributed by atoms with Gasteiger partial charge in [-0.3, -0.25) is 0 Å². The number of hydrogen-bond donors (Lipinski definition) is 0. The van der Waals surface area contributed by atoms with Gasteiger partial charge in [0.2, 0.25) is 5.28 Å². The van der Waals surface area contributed by atoms with E-state index in [1.54, 1.807) is 0 Å². The minimum Gasteiger partial charge on any atom is -0.356 e. The predicted octanol–water partition coefficient (Wildman–Crippen LogP) is 3.65. The first kappa shape index (κ1) is 11.2. The number of hydrogen-bond acceptors (Lipinski definition) is 3. The van der Waals surface area contributed by atoms with Crippen LogP contribution >= 0.6 is 27.5 Å². The molecule has 0 radical (unpaired) electrons. The van der Waals surface area contributed by atoms with E-state index in [0.29, 0.717) is 5.28 Å². The molecule has 0 atom stereocenters. The van der Waals surface area contributed by atoms with E-state index < -0.39 is 0 Å². The lowest BCUT2D eigenvalue weighted by Crippen LogP contribution is -2.19. The molecule has 5 heteroatoms. The molecule has 0 N–H and O–H groups in total. The van der Waals surface area contributed by atoms with Crippen LogP contribution in [0.15, 0.2) is 22.7 Å². The first-order valence-electron chi connectivity index (χ1n) is 5.62. The molecule has 2 aromatic rings. The lowest BCUT2D eigenvalue weighted by molar-refractivity contribution is 0.939. The van der Waals surface area contributed by atoms with Crippen LogP contribution in [0.1, 0.15) is 12.8 Å². The topological polar surface area (TPSA) is 29.0 Å². The molecule has 1 aliphatic rings. The van der Waals surface area contributed by atoms with Gasteiger partial charge < -0.3 is 4.90 Å². The third-order valence-corrected chi connectivity index (χ3v) is 3.68. The highest BCUT2D eigenvalue weighted by Crippen LogP contribution is 2.29. The van der Waals surface area contributed by atoms with Gasteiger partial charge in [0.1, 0.15) is 5.82 Å². The molecule has 0 bridgehead atoms. The van der Waals surface area contributed by atoms with Crippen molar-refractivity contribution in [3.05, 3.63) is 28.0 Å². The zero-order valence-corrected chi connectivity index (χ0v) is 11.5. The van der Waals surface area contributed by atoms with E-state index in [-0.39, 0.29) is 0 Å². The van der Waals surface area contributed by atoms with Crippen LogP contribution in [0.3, 0.4) is 0 Å². The Labute approximate surface area is 113 Å². The predicted molar refractivity (Wildman–Crippen MR) is 73.7 cm³/mol. The minimum atomic E-state index is 0.321. The van der Waals surface area contributed by atoms with Crippen LogP contribution in [-0.4, -0.2) is 23.1 Å². The highest BCUT2D eigenvalue weighted by atomic mass is 79.9. The van der Waals surface area contributed by atoms with E-state index in [1.807, 2.05) is 12.1 Å². The second-order valence-electron chi connectivity index (χ2n) is 4.17. The van der Waals surface area contributed by atoms with Crippen LogP contribution in [0.25, 0.3) is 10.9 Å². The molecule has 88 valence electrons. The van der Waals surface area contributed by atoms with E-state index >= 15 is 0 Å². The van der Waals surface area contributed by atoms with E-state index in [9.17, 15) is 0 Å². The monoisotopic (exact) mass is 311 g/mol. The second-order valence-corrected chi connectivity index (χ2v) is 5.43. The largest absolute Gasteiger partial charge is 0.356 e. The van der Waals surface area contributed by atoms with Crippen molar-refractivity contribution in [2.45, 2.75) is 12.8 Å². The summed E-state index contributed by atoms with van der Waals surface area (Å²) in [5.41, 5.74) is 0.898. The summed E-state index contributed by atoms with van der Waals surface area (Å²) >= 11 is 9.47. The maximum absolute atomic E-state index is 5.98. The Hall–Kier alpha value is -0.870. The smallest absolute Gasteiger partial charge is 0.224 e. The lowest BCUT2D eigenvalue weighted by atomic mass is 10.2. The number of anilines is 1. The van der Waals surface area contributed by atoms with Crippen molar-refractivity contribution >= 4 is 44.3 Å². The molecule has 1 aromatic heterocycles. The average Bonchev–Trinajstić information content (AvgIpc) is 2.82. The summed E-state index contributed by atoms with van der Waals surface area (Å²) in [4.78, 5) is 10.9. The Bertz CT molecular complexity index is 567. The van der Waals surface area contributed by atoms with Gasteiger partial charge in [0, 0.05) is 22.9 Å². The molecule has 3 nitrogen and oxygen atoms in total. The molecule has 2 heterocycles. The van der Waals surface area contributed by atoms with Gasteiger partial charge in [0.05, 0.1) is 5.52 Å². The van der Waals surface area contributed by atoms with E-state index in [1.165, 1.54) is 12.8 Å². The number of nitrogens with zero attached hydrogens (tertiary/aromatic N) is 3. The average molecular weight is 313 g/mol. The van der Waals surface area contributed by atoms with Gasteiger partial charge in [0.25, 0.3) is 0 Å². The summed E-state index contributed by atoms with van der Waals surface area (Å²) in [7, 11) is 0. The summed E-state index contributed by atoms with van der Waals surface area (Å²) < 4.78 is 1.04. The molecular formula is C12H11BrClN3. The molecule has 1 aromatic carbocycles. The molecule has 0 spiro atoms. The highest BCUT2D eigenvalue weighted by Gasteiger charge is 2.17. The van der Waals surface area contributed by atoms with Crippen LogP contribution in [0, 0.1) is 0 Å². The fraction of sp³-hybridized carbons (Fsp3) is 0.333. The van der Waals surface area contributed by atoms with Crippen molar-refractivity contribution in [1.82, 2.24) is 9.97 Å². The first-order chi connectivity index (χ1) is 8.24. The normalized spacial score (nSPS) is 15.8. The number of benzene rings is 1. The molecule has 0 unspecified atom stereocenters. The van der Waals surface area contributed by atoms with Gasteiger partial charge in [-0.1, -0.05) is 15.9 Å². The third kappa shape index (κ3) is 2.11. The summed E-state index contributed by atoms with van der Waals surface area (Å²) in [6, 6.07) is 5.99. The van der Waals surface area contributed by atoms with Crippen LogP contribution in [-0.2, 0) is 0 Å². The zero-order valence-electron chi connectivity index (χ0n) is 9.16. The van der Waals surface area contributed by atoms with Crippen LogP contribution in [0.5, 0.6) is 0 Å². The molecular weight excluding hydrogens is 302 g/mol. The third-order valence-electron chi connectivity index (χ3n) is 3.02. The fourth-order valence-corrected chi connectivity index (χ4v) is 2.76. The Morgan fingerprint density at radius 2 is 1.94 bits per heavy atom. The SMILES string of the molecule is Clc1nc(N2CCCC2)c2cc(Br)ccc2n1. The summed E-state index contributed by atoms with van der Waals surface area (Å²) in [5.74, 6) is 0.957. The molecule has 17 heavy (non-hydrogen) atoms. The highest BCUT2D eigenvalue weighted by molar-refractivity contribution is 9.10. The maximum atomic E-state index is 5.98. The van der Waals surface area contributed by atoms with Crippen molar-refractivity contribution in [2.75, 3.05) is 18.0 Å². The Morgan fingerprint density at radius 1 is 1.18 bits per heavy atom.